The minimum Gasteiger partial charge on any atom is -0.458 e. The molecule has 6 aliphatic rings. The number of rotatable bonds is 6. The summed E-state index contributed by atoms with van der Waals surface area (Å²) in [6.45, 7) is 8.86. The normalized spacial score (nSPS) is 14.8. The Bertz CT molecular complexity index is 4090. The predicted molar refractivity (Wildman–Crippen MR) is 326 cm³/mol. The summed E-state index contributed by atoms with van der Waals surface area (Å²) in [5.74, 6) is 6.32. The molecule has 0 saturated heterocycles. The molecule has 8 heteroatoms. The van der Waals surface area contributed by atoms with Gasteiger partial charge in [0.15, 0.2) is 0 Å². The molecule has 11 aromatic rings. The molecule has 0 radical (unpaired) electrons. The lowest BCUT2D eigenvalue weighted by atomic mass is 9.31. The summed E-state index contributed by atoms with van der Waals surface area (Å²) in [6, 6.07) is 82.6. The van der Waals surface area contributed by atoms with E-state index in [9.17, 15) is 0 Å². The van der Waals surface area contributed by atoms with E-state index in [0.29, 0.717) is 0 Å². The van der Waals surface area contributed by atoms with Crippen LogP contribution in [0.1, 0.15) is 49.9 Å². The molecule has 0 spiro atoms. The Kier molecular flexibility index (Phi) is 9.33. The van der Waals surface area contributed by atoms with E-state index in [1.165, 1.54) is 33.4 Å². The lowest BCUT2D eigenvalue weighted by Gasteiger charge is -2.38. The van der Waals surface area contributed by atoms with Crippen LogP contribution in [-0.2, 0) is 10.8 Å². The highest BCUT2D eigenvalue weighted by Crippen LogP contribution is 2.56. The van der Waals surface area contributed by atoms with Crippen LogP contribution in [0.15, 0.2) is 231 Å². The molecule has 2 aliphatic carbocycles. The molecule has 6 nitrogen and oxygen atoms in total. The van der Waals surface area contributed by atoms with Crippen molar-refractivity contribution in [3.8, 4) is 68.2 Å². The molecule has 0 N–H and O–H groups in total. The number of benzene rings is 11. The van der Waals surface area contributed by atoms with E-state index in [1.54, 1.807) is 0 Å². The number of hydrogen-bond donors (Lipinski definition) is 0. The van der Waals surface area contributed by atoms with Crippen LogP contribution in [0.4, 0.5) is 34.1 Å². The van der Waals surface area contributed by atoms with Gasteiger partial charge in [-0.15, -0.1) is 0 Å². The zero-order valence-corrected chi connectivity index (χ0v) is 44.6. The van der Waals surface area contributed by atoms with Gasteiger partial charge in [0.2, 0.25) is 0 Å². The molecule has 11 aromatic carbocycles. The highest BCUT2D eigenvalue weighted by atomic mass is 16.5. The monoisotopic (exact) mass is 1030 g/mol. The van der Waals surface area contributed by atoms with Crippen LogP contribution in [0.2, 0.25) is 0 Å². The van der Waals surface area contributed by atoms with Crippen molar-refractivity contribution in [2.75, 3.05) is 9.80 Å². The third kappa shape index (κ3) is 6.27. The molecule has 4 heterocycles. The molecular weight excluding hydrogens is 978 g/mol. The van der Waals surface area contributed by atoms with Crippen LogP contribution in [-0.4, -0.2) is 13.4 Å². The molecule has 80 heavy (non-hydrogen) atoms. The number of nitrogens with zero attached hydrogens (tertiary/aromatic N) is 2. The molecule has 0 atom stereocenters. The van der Waals surface area contributed by atoms with E-state index in [2.05, 4.69) is 268 Å². The molecular formula is C72H50B2N2O4. The first-order valence-electron chi connectivity index (χ1n) is 27.8. The van der Waals surface area contributed by atoms with Crippen molar-refractivity contribution in [1.82, 2.24) is 0 Å². The number of fused-ring (bicyclic) bond motifs is 16. The van der Waals surface area contributed by atoms with E-state index in [-0.39, 0.29) is 24.3 Å². The minimum absolute atomic E-state index is 0.227. The quantitative estimate of drug-likeness (QED) is 0.155. The van der Waals surface area contributed by atoms with Crippen LogP contribution < -0.4 is 61.5 Å². The Morgan fingerprint density at radius 3 is 1.00 bits per heavy atom. The van der Waals surface area contributed by atoms with Gasteiger partial charge in [0.05, 0.1) is 11.4 Å². The van der Waals surface area contributed by atoms with Gasteiger partial charge in [-0.05, 0) is 104 Å². The van der Waals surface area contributed by atoms with Gasteiger partial charge in [0.25, 0.3) is 13.4 Å². The second-order valence-electron chi connectivity index (χ2n) is 23.1. The fourth-order valence-corrected chi connectivity index (χ4v) is 14.4. The van der Waals surface area contributed by atoms with E-state index in [0.717, 1.165) is 124 Å². The van der Waals surface area contributed by atoms with Crippen molar-refractivity contribution in [2.24, 2.45) is 0 Å². The van der Waals surface area contributed by atoms with Gasteiger partial charge in [-0.25, -0.2) is 0 Å². The number of hydrogen-bond acceptors (Lipinski definition) is 6. The Balaban J connectivity index is 0.914. The van der Waals surface area contributed by atoms with Crippen molar-refractivity contribution in [3.05, 3.63) is 253 Å². The van der Waals surface area contributed by atoms with Gasteiger partial charge >= 0.3 is 0 Å². The zero-order chi connectivity index (χ0) is 53.2. The smallest absolute Gasteiger partial charge is 0.260 e. The van der Waals surface area contributed by atoms with Crippen molar-refractivity contribution in [2.45, 2.75) is 38.5 Å². The van der Waals surface area contributed by atoms with Crippen molar-refractivity contribution < 1.29 is 18.9 Å². The maximum absolute atomic E-state index is 7.50. The lowest BCUT2D eigenvalue weighted by molar-refractivity contribution is 0.452. The highest BCUT2D eigenvalue weighted by Gasteiger charge is 2.50. The van der Waals surface area contributed by atoms with Gasteiger partial charge in [-0.2, -0.15) is 0 Å². The first-order chi connectivity index (χ1) is 39.2. The van der Waals surface area contributed by atoms with Crippen molar-refractivity contribution in [1.29, 1.82) is 0 Å². The van der Waals surface area contributed by atoms with Gasteiger partial charge in [-0.3, -0.25) is 0 Å². The van der Waals surface area contributed by atoms with Gasteiger partial charge in [0, 0.05) is 86.0 Å². The van der Waals surface area contributed by atoms with Crippen LogP contribution >= 0.6 is 0 Å². The van der Waals surface area contributed by atoms with Gasteiger partial charge < -0.3 is 28.7 Å². The first kappa shape index (κ1) is 45.4. The summed E-state index contributed by atoms with van der Waals surface area (Å²) in [7, 11) is 0. The standard InChI is InChI=1S/C72H50B2N2O4/c1-71(2)51-31-19-17-29-49(51)65-53(71)33-35-55-69(65)79-63-39-47(75(43-21-9-5-10-22-43)44-23-11-6-12-24-44)37-61-67(63)73(55)57-41-58-60(42-59(57)77-61)78-62-38-48(76(45-25-13-7-14-26-45)46-27-15-8-16-28-46)40-64-68(62)74(58)56-36-34-54-66(70(56)80-64)50-30-18-20-32-52(50)72(54,3)4/h5-42H,1-4H3. The van der Waals surface area contributed by atoms with Crippen LogP contribution in [0.5, 0.6) is 46.0 Å². The summed E-state index contributed by atoms with van der Waals surface area (Å²) >= 11 is 0. The van der Waals surface area contributed by atoms with E-state index in [4.69, 9.17) is 18.9 Å². The fraction of sp³-hybridized carbons (Fsp3) is 0.0833. The summed E-state index contributed by atoms with van der Waals surface area (Å²) in [5, 5.41) is 0. The molecule has 0 aromatic heterocycles. The Labute approximate surface area is 466 Å². The van der Waals surface area contributed by atoms with Crippen LogP contribution in [0.3, 0.4) is 0 Å². The Morgan fingerprint density at radius 2 is 0.625 bits per heavy atom. The minimum atomic E-state index is -0.240. The summed E-state index contributed by atoms with van der Waals surface area (Å²) in [4.78, 5) is 4.57. The third-order valence-corrected chi connectivity index (χ3v) is 18.0. The van der Waals surface area contributed by atoms with Crippen LogP contribution in [0, 0.1) is 0 Å². The number of anilines is 6. The van der Waals surface area contributed by atoms with E-state index < -0.39 is 0 Å². The highest BCUT2D eigenvalue weighted by molar-refractivity contribution is 7.01. The van der Waals surface area contributed by atoms with E-state index in [1.807, 2.05) is 0 Å². The fourth-order valence-electron chi connectivity index (χ4n) is 14.4. The molecule has 0 unspecified atom stereocenters. The molecule has 4 aliphatic heterocycles. The first-order valence-corrected chi connectivity index (χ1v) is 27.8. The second-order valence-corrected chi connectivity index (χ2v) is 23.1. The average Bonchev–Trinajstić information content (AvgIpc) is 3.98. The lowest BCUT2D eigenvalue weighted by Crippen LogP contribution is -2.61. The maximum Gasteiger partial charge on any atom is 0.260 e. The average molecular weight is 1030 g/mol. The summed E-state index contributed by atoms with van der Waals surface area (Å²) in [6.07, 6.45) is 0. The Hall–Kier alpha value is -9.65. The topological polar surface area (TPSA) is 43.4 Å². The maximum atomic E-state index is 7.50. The third-order valence-electron chi connectivity index (χ3n) is 18.0. The molecule has 0 saturated carbocycles. The molecule has 0 bridgehead atoms. The second kappa shape index (κ2) is 16.4. The molecule has 0 amide bonds. The molecule has 17 rings (SSSR count). The summed E-state index contributed by atoms with van der Waals surface area (Å²) < 4.78 is 29.8. The Morgan fingerprint density at radius 1 is 0.287 bits per heavy atom. The molecule has 378 valence electrons. The van der Waals surface area contributed by atoms with Gasteiger partial charge in [-0.1, -0.05) is 179 Å². The SMILES string of the molecule is CC1(C)c2ccccc2-c2c1ccc1c2Oc2cc(N(c3ccccc3)c3ccccc3)cc3c2B1c1cc2c(cc1O3)Oc1cc(N(c3ccccc3)c3ccccc3)cc3c1B2c1ccc2c(c1O3)-c1ccccc1C2(C)C. The zero-order valence-electron chi connectivity index (χ0n) is 44.6. The van der Waals surface area contributed by atoms with Crippen molar-refractivity contribution >= 4 is 80.3 Å². The predicted octanol–water partition coefficient (Wildman–Crippen LogP) is 14.7. The van der Waals surface area contributed by atoms with Crippen molar-refractivity contribution in [3.63, 3.8) is 0 Å². The van der Waals surface area contributed by atoms with Gasteiger partial charge in [0.1, 0.15) is 46.0 Å². The van der Waals surface area contributed by atoms with E-state index >= 15 is 0 Å². The summed E-state index contributed by atoms with van der Waals surface area (Å²) in [5.41, 5.74) is 21.7. The van der Waals surface area contributed by atoms with Crippen LogP contribution in [0.25, 0.3) is 22.3 Å². The largest absolute Gasteiger partial charge is 0.458 e. The number of ether oxygens (including phenoxy) is 4. The number of para-hydroxylation sites is 4. The molecule has 0 fully saturated rings.